The van der Waals surface area contributed by atoms with Crippen LogP contribution in [0.15, 0.2) is 202 Å². The molecule has 0 atom stereocenters. The van der Waals surface area contributed by atoms with E-state index < -0.39 is 0 Å². The van der Waals surface area contributed by atoms with Gasteiger partial charge in [0.2, 0.25) is 0 Å². The van der Waals surface area contributed by atoms with E-state index in [0.29, 0.717) is 22.3 Å². The van der Waals surface area contributed by atoms with E-state index in [2.05, 4.69) is 144 Å². The van der Waals surface area contributed by atoms with Crippen molar-refractivity contribution < 1.29 is 20.4 Å². The first-order valence-electron chi connectivity index (χ1n) is 27.9. The molecule has 4 N–H and O–H groups in total. The lowest BCUT2D eigenvalue weighted by Gasteiger charge is -2.21. The van der Waals surface area contributed by atoms with Gasteiger partial charge in [-0.05, 0) is 173 Å². The lowest BCUT2D eigenvalue weighted by molar-refractivity contribution is 0.445. The van der Waals surface area contributed by atoms with E-state index in [9.17, 15) is 20.4 Å². The summed E-state index contributed by atoms with van der Waals surface area (Å²) in [4.78, 5) is 19.3. The van der Waals surface area contributed by atoms with E-state index in [1.807, 2.05) is 121 Å². The van der Waals surface area contributed by atoms with Gasteiger partial charge >= 0.3 is 0 Å². The molecule has 0 saturated heterocycles. The fraction of sp³-hybridized carbons (Fsp3) is 0.216. The molecule has 82 heavy (non-hydrogen) atoms. The van der Waals surface area contributed by atoms with Gasteiger partial charge in [0.1, 0.15) is 23.0 Å². The number of nitrogens with zero attached hydrogens (tertiary/aromatic N) is 4. The van der Waals surface area contributed by atoms with Crippen LogP contribution in [0, 0.1) is 0 Å². The molecule has 0 spiro atoms. The lowest BCUT2D eigenvalue weighted by atomic mass is 9.85. The number of aliphatic imine (C=N–C) groups is 4. The third kappa shape index (κ3) is 13.0. The molecule has 0 unspecified atom stereocenters. The van der Waals surface area contributed by atoms with Gasteiger partial charge in [-0.25, -0.2) is 0 Å². The quantitative estimate of drug-likeness (QED) is 0.0908. The van der Waals surface area contributed by atoms with Crippen molar-refractivity contribution in [2.75, 3.05) is 0 Å². The van der Waals surface area contributed by atoms with Crippen molar-refractivity contribution in [1.82, 2.24) is 0 Å². The highest BCUT2D eigenvalue weighted by molar-refractivity contribution is 5.97. The largest absolute Gasteiger partial charge is 0.507 e. The first-order valence-corrected chi connectivity index (χ1v) is 27.9. The Kier molecular flexibility index (Phi) is 16.2. The summed E-state index contributed by atoms with van der Waals surface area (Å²) in [5.41, 5.74) is 15.9. The van der Waals surface area contributed by atoms with Crippen LogP contribution >= 0.6 is 0 Å². The normalized spacial score (nSPS) is 12.6. The SMILES string of the molecule is CC(C)(C)c1cccc(C=Nc2ccc(-c3cc(-c4ccc(N=Cc5cccc(C(C)(C)C)c5O)cc4)c(-c4ccc(N=Cc5cccc(C(C)(C)C)c5O)cc4)cc3-c3ccc(N=Cc4cccc(C(C)(C)C)c4O)cc3)cc2)c1O. The fourth-order valence-corrected chi connectivity index (χ4v) is 10.1. The van der Waals surface area contributed by atoms with Crippen LogP contribution in [-0.2, 0) is 21.7 Å². The zero-order valence-corrected chi connectivity index (χ0v) is 49.2. The number of rotatable bonds is 12. The molecule has 0 aliphatic rings. The number of phenols is 4. The summed E-state index contributed by atoms with van der Waals surface area (Å²) in [6, 6.07) is 60.2. The van der Waals surface area contributed by atoms with E-state index in [1.54, 1.807) is 24.9 Å². The number of para-hydroxylation sites is 4. The van der Waals surface area contributed by atoms with Crippen LogP contribution in [0.3, 0.4) is 0 Å². The predicted octanol–water partition coefficient (Wildman–Crippen LogP) is 19.4. The van der Waals surface area contributed by atoms with E-state index in [1.165, 1.54) is 0 Å². The summed E-state index contributed by atoms with van der Waals surface area (Å²) in [5.74, 6) is 0.914. The summed E-state index contributed by atoms with van der Waals surface area (Å²) in [6.07, 6.45) is 6.87. The summed E-state index contributed by atoms with van der Waals surface area (Å²) >= 11 is 0. The second-order valence-corrected chi connectivity index (χ2v) is 25.1. The zero-order chi connectivity index (χ0) is 58.7. The van der Waals surface area contributed by atoms with Gasteiger partial charge in [0, 0.05) is 47.1 Å². The second kappa shape index (κ2) is 23.1. The van der Waals surface area contributed by atoms with Crippen LogP contribution < -0.4 is 0 Å². The maximum atomic E-state index is 11.2. The lowest BCUT2D eigenvalue weighted by Crippen LogP contribution is -2.11. The van der Waals surface area contributed by atoms with Crippen molar-refractivity contribution >= 4 is 47.6 Å². The van der Waals surface area contributed by atoms with Gasteiger partial charge in [0.15, 0.2) is 0 Å². The van der Waals surface area contributed by atoms with Crippen LogP contribution in [0.1, 0.15) is 128 Å². The monoisotopic (exact) mass is 1080 g/mol. The molecule has 0 heterocycles. The first kappa shape index (κ1) is 57.5. The molecule has 9 rings (SSSR count). The average Bonchev–Trinajstić information content (AvgIpc) is 3.55. The Balaban J connectivity index is 1.16. The zero-order valence-electron chi connectivity index (χ0n) is 49.2. The third-order valence-corrected chi connectivity index (χ3v) is 14.8. The molecular formula is C74H74N4O4. The maximum Gasteiger partial charge on any atom is 0.128 e. The molecule has 0 amide bonds. The topological polar surface area (TPSA) is 130 Å². The molecule has 0 saturated carbocycles. The molecule has 8 heteroatoms. The van der Waals surface area contributed by atoms with Crippen LogP contribution in [0.4, 0.5) is 22.7 Å². The van der Waals surface area contributed by atoms with Crippen LogP contribution in [0.2, 0.25) is 0 Å². The van der Waals surface area contributed by atoms with Crippen LogP contribution in [0.5, 0.6) is 23.0 Å². The summed E-state index contributed by atoms with van der Waals surface area (Å²) in [6.45, 7) is 25.0. The van der Waals surface area contributed by atoms with Crippen molar-refractivity contribution in [3.63, 3.8) is 0 Å². The van der Waals surface area contributed by atoms with Crippen molar-refractivity contribution in [3.05, 3.63) is 226 Å². The van der Waals surface area contributed by atoms with Gasteiger partial charge in [-0.15, -0.1) is 0 Å². The first-order chi connectivity index (χ1) is 38.8. The Bertz CT molecular complexity index is 3390. The van der Waals surface area contributed by atoms with Crippen molar-refractivity contribution in [2.24, 2.45) is 20.0 Å². The van der Waals surface area contributed by atoms with E-state index in [-0.39, 0.29) is 44.7 Å². The van der Waals surface area contributed by atoms with Crippen molar-refractivity contribution in [1.29, 1.82) is 0 Å². The summed E-state index contributed by atoms with van der Waals surface area (Å²) < 4.78 is 0. The van der Waals surface area contributed by atoms with Crippen LogP contribution in [0.25, 0.3) is 44.5 Å². The fourth-order valence-electron chi connectivity index (χ4n) is 10.1. The van der Waals surface area contributed by atoms with E-state index in [0.717, 1.165) is 89.5 Å². The summed E-state index contributed by atoms with van der Waals surface area (Å²) in [7, 11) is 0. The molecule has 9 aromatic rings. The van der Waals surface area contributed by atoms with E-state index in [4.69, 9.17) is 20.0 Å². The molecule has 0 radical (unpaired) electrons. The summed E-state index contributed by atoms with van der Waals surface area (Å²) in [5, 5.41) is 44.9. The Morgan fingerprint density at radius 2 is 0.439 bits per heavy atom. The predicted molar refractivity (Wildman–Crippen MR) is 344 cm³/mol. The van der Waals surface area contributed by atoms with Gasteiger partial charge in [-0.2, -0.15) is 0 Å². The molecular weight excluding hydrogens is 1010 g/mol. The highest BCUT2D eigenvalue weighted by atomic mass is 16.3. The highest BCUT2D eigenvalue weighted by Crippen LogP contribution is 2.44. The minimum Gasteiger partial charge on any atom is -0.507 e. The molecule has 0 aliphatic heterocycles. The average molecular weight is 1080 g/mol. The van der Waals surface area contributed by atoms with Gasteiger partial charge in [-0.3, -0.25) is 20.0 Å². The van der Waals surface area contributed by atoms with Crippen molar-refractivity contribution in [3.8, 4) is 67.5 Å². The van der Waals surface area contributed by atoms with Gasteiger partial charge in [-0.1, -0.05) is 180 Å². The Hall–Kier alpha value is -9.14. The number of hydrogen-bond donors (Lipinski definition) is 4. The second-order valence-electron chi connectivity index (χ2n) is 25.1. The third-order valence-electron chi connectivity index (χ3n) is 14.8. The van der Waals surface area contributed by atoms with Gasteiger partial charge in [0.05, 0.1) is 22.7 Å². The minimum absolute atomic E-state index is 0.229. The smallest absolute Gasteiger partial charge is 0.128 e. The Morgan fingerprint density at radius 1 is 0.256 bits per heavy atom. The van der Waals surface area contributed by atoms with E-state index >= 15 is 0 Å². The number of aromatic hydroxyl groups is 4. The highest BCUT2D eigenvalue weighted by Gasteiger charge is 2.23. The maximum absolute atomic E-state index is 11.2. The number of hydrogen-bond acceptors (Lipinski definition) is 8. The van der Waals surface area contributed by atoms with Crippen molar-refractivity contribution in [2.45, 2.75) is 105 Å². The minimum atomic E-state index is -0.235. The van der Waals surface area contributed by atoms with Gasteiger partial charge in [0.25, 0.3) is 0 Å². The Labute approximate surface area is 484 Å². The molecule has 414 valence electrons. The van der Waals surface area contributed by atoms with Gasteiger partial charge < -0.3 is 20.4 Å². The van der Waals surface area contributed by atoms with Crippen LogP contribution in [-0.4, -0.2) is 45.3 Å². The molecule has 9 aromatic carbocycles. The molecule has 0 bridgehead atoms. The number of phenolic OH excluding ortho intramolecular Hbond substituents is 4. The molecule has 0 fully saturated rings. The standard InChI is InChI=1S/C74H74N4O4/c1-71(2,3)63-21-13-17-51(67(63)79)43-75-55-33-25-47(26-34-55)59-41-61(49-29-37-57(38-30-49)77-45-53-19-15-23-65(69(53)81)73(7,8)9)62(50-31-39-58(40-32-50)78-46-54-20-16-24-66(70(54)82)74(10,11)12)42-60(59)48-27-35-56(36-28-48)76-44-52-18-14-22-64(68(52)80)72(4,5)6/h13-46,79-82H,1-12H3. The molecule has 8 nitrogen and oxygen atoms in total. The molecule has 0 aliphatic carbocycles. The molecule has 0 aromatic heterocycles. The Morgan fingerprint density at radius 3 is 0.610 bits per heavy atom. The number of benzene rings is 9.